The van der Waals surface area contributed by atoms with Gasteiger partial charge in [-0.15, -0.1) is 24.0 Å². The summed E-state index contributed by atoms with van der Waals surface area (Å²) < 4.78 is 11.6. The number of guanidine groups is 1. The first kappa shape index (κ1) is 24.7. The second kappa shape index (κ2) is 12.3. The smallest absolute Gasteiger partial charge is 0.191 e. The number of ether oxygens (including phenoxy) is 1. The molecule has 1 aromatic carbocycles. The monoisotopic (exact) mass is 526 g/mol. The molecular weight excluding hydrogens is 491 g/mol. The Kier molecular flexibility index (Phi) is 10.1. The van der Waals surface area contributed by atoms with Crippen LogP contribution in [0.4, 0.5) is 0 Å². The molecule has 3 rings (SSSR count). The third kappa shape index (κ3) is 6.20. The lowest BCUT2D eigenvalue weighted by Gasteiger charge is -2.32. The summed E-state index contributed by atoms with van der Waals surface area (Å²) in [6.45, 7) is 8.62. The topological polar surface area (TPSA) is 71.7 Å². The molecule has 2 atom stereocenters. The van der Waals surface area contributed by atoms with Gasteiger partial charge in [0.25, 0.3) is 0 Å². The summed E-state index contributed by atoms with van der Waals surface area (Å²) in [5, 5.41) is 11.1. The van der Waals surface area contributed by atoms with E-state index in [0.717, 1.165) is 61.8 Å². The molecule has 1 aliphatic rings. The third-order valence-corrected chi connectivity index (χ3v) is 5.65. The Bertz CT molecular complexity index is 783. The Morgan fingerprint density at radius 2 is 1.93 bits per heavy atom. The van der Waals surface area contributed by atoms with E-state index in [-0.39, 0.29) is 30.1 Å². The predicted octanol–water partition coefficient (Wildman–Crippen LogP) is 4.56. The quantitative estimate of drug-likeness (QED) is 0.315. The van der Waals surface area contributed by atoms with Crippen LogP contribution in [0.5, 0.6) is 0 Å². The van der Waals surface area contributed by atoms with Crippen LogP contribution in [0.15, 0.2) is 33.8 Å². The summed E-state index contributed by atoms with van der Waals surface area (Å²) >= 11 is 0. The number of nitrogens with one attached hydrogen (secondary N) is 2. The standard InChI is InChI=1S/C23H34N4O2.HI/c1-5-20-19(21(6-2)29-27-20)15-26-23(24-4)25-14-18-8-7-13-28-22(18)17-11-9-16(3)10-12-17;/h9-12,18,22H,5-8,13-15H2,1-4H3,(H2,24,25,26);1H. The normalized spacial score (nSPS) is 19.3. The van der Waals surface area contributed by atoms with E-state index in [1.165, 1.54) is 11.1 Å². The lowest BCUT2D eigenvalue weighted by molar-refractivity contribution is -0.0265. The molecule has 6 nitrogen and oxygen atoms in total. The Hall–Kier alpha value is -1.61. The zero-order valence-corrected chi connectivity index (χ0v) is 20.9. The number of hydrogen-bond acceptors (Lipinski definition) is 4. The van der Waals surface area contributed by atoms with E-state index >= 15 is 0 Å². The van der Waals surface area contributed by atoms with E-state index < -0.39 is 0 Å². The molecule has 0 radical (unpaired) electrons. The van der Waals surface area contributed by atoms with Crippen LogP contribution in [-0.4, -0.2) is 31.3 Å². The van der Waals surface area contributed by atoms with Crippen molar-refractivity contribution in [2.75, 3.05) is 20.2 Å². The molecule has 7 heteroatoms. The summed E-state index contributed by atoms with van der Waals surface area (Å²) in [4.78, 5) is 4.39. The number of aromatic nitrogens is 1. The maximum Gasteiger partial charge on any atom is 0.191 e. The van der Waals surface area contributed by atoms with Gasteiger partial charge in [-0.1, -0.05) is 48.8 Å². The molecule has 0 spiro atoms. The second-order valence-electron chi connectivity index (χ2n) is 7.65. The first-order valence-corrected chi connectivity index (χ1v) is 10.7. The molecule has 0 amide bonds. The highest BCUT2D eigenvalue weighted by molar-refractivity contribution is 14.0. The van der Waals surface area contributed by atoms with Crippen molar-refractivity contribution in [1.29, 1.82) is 0 Å². The molecule has 1 aromatic heterocycles. The number of benzene rings is 1. The van der Waals surface area contributed by atoms with Crippen LogP contribution in [0.25, 0.3) is 0 Å². The second-order valence-corrected chi connectivity index (χ2v) is 7.65. The summed E-state index contributed by atoms with van der Waals surface area (Å²) in [5.74, 6) is 2.16. The maximum absolute atomic E-state index is 6.14. The average molecular weight is 526 g/mol. The minimum Gasteiger partial charge on any atom is -0.373 e. The molecule has 2 N–H and O–H groups in total. The summed E-state index contributed by atoms with van der Waals surface area (Å²) in [7, 11) is 1.80. The van der Waals surface area contributed by atoms with Crippen LogP contribution in [0.3, 0.4) is 0 Å². The third-order valence-electron chi connectivity index (χ3n) is 5.65. The van der Waals surface area contributed by atoms with E-state index in [1.807, 2.05) is 0 Å². The van der Waals surface area contributed by atoms with Gasteiger partial charge in [-0.2, -0.15) is 0 Å². The summed E-state index contributed by atoms with van der Waals surface area (Å²) in [6.07, 6.45) is 4.08. The minimum atomic E-state index is 0. The van der Waals surface area contributed by atoms with Crippen molar-refractivity contribution in [3.8, 4) is 0 Å². The molecule has 1 aliphatic heterocycles. The molecule has 0 saturated carbocycles. The van der Waals surface area contributed by atoms with Gasteiger partial charge < -0.3 is 19.9 Å². The summed E-state index contributed by atoms with van der Waals surface area (Å²) in [6, 6.07) is 8.70. The molecule has 2 aromatic rings. The van der Waals surface area contributed by atoms with Crippen LogP contribution in [0.1, 0.15) is 60.9 Å². The highest BCUT2D eigenvalue weighted by atomic mass is 127. The van der Waals surface area contributed by atoms with Gasteiger partial charge in [0.1, 0.15) is 5.76 Å². The summed E-state index contributed by atoms with van der Waals surface area (Å²) in [5.41, 5.74) is 4.70. The van der Waals surface area contributed by atoms with Crippen molar-refractivity contribution in [3.63, 3.8) is 0 Å². The number of rotatable bonds is 7. The average Bonchev–Trinajstić information content (AvgIpc) is 3.16. The zero-order valence-electron chi connectivity index (χ0n) is 18.5. The fourth-order valence-electron chi connectivity index (χ4n) is 3.94. The first-order chi connectivity index (χ1) is 14.2. The van der Waals surface area contributed by atoms with Crippen LogP contribution in [0.2, 0.25) is 0 Å². The zero-order chi connectivity index (χ0) is 20.6. The van der Waals surface area contributed by atoms with Crippen molar-refractivity contribution >= 4 is 29.9 Å². The van der Waals surface area contributed by atoms with Gasteiger partial charge in [0.05, 0.1) is 11.8 Å². The highest BCUT2D eigenvalue weighted by Gasteiger charge is 2.27. The fraction of sp³-hybridized carbons (Fsp3) is 0.565. The van der Waals surface area contributed by atoms with Crippen LogP contribution in [0, 0.1) is 12.8 Å². The first-order valence-electron chi connectivity index (χ1n) is 10.7. The minimum absolute atomic E-state index is 0. The number of hydrogen-bond donors (Lipinski definition) is 2. The van der Waals surface area contributed by atoms with E-state index in [2.05, 4.69) is 65.8 Å². The lowest BCUT2D eigenvalue weighted by atomic mass is 9.89. The fourth-order valence-corrected chi connectivity index (χ4v) is 3.94. The van der Waals surface area contributed by atoms with Crippen LogP contribution < -0.4 is 10.6 Å². The molecule has 1 fully saturated rings. The van der Waals surface area contributed by atoms with Gasteiger partial charge in [-0.3, -0.25) is 4.99 Å². The van der Waals surface area contributed by atoms with E-state index in [0.29, 0.717) is 12.5 Å². The number of halogens is 1. The van der Waals surface area contributed by atoms with Gasteiger partial charge in [0.15, 0.2) is 5.96 Å². The highest BCUT2D eigenvalue weighted by Crippen LogP contribution is 2.33. The maximum atomic E-state index is 6.14. The van der Waals surface area contributed by atoms with Gasteiger partial charge in [0, 0.05) is 44.6 Å². The Morgan fingerprint density at radius 3 is 2.60 bits per heavy atom. The van der Waals surface area contributed by atoms with Gasteiger partial charge >= 0.3 is 0 Å². The lowest BCUT2D eigenvalue weighted by Crippen LogP contribution is -2.41. The number of aryl methyl sites for hydroxylation is 3. The molecule has 2 unspecified atom stereocenters. The number of aliphatic imine (C=N–C) groups is 1. The molecule has 30 heavy (non-hydrogen) atoms. The van der Waals surface area contributed by atoms with Crippen molar-refractivity contribution < 1.29 is 9.26 Å². The van der Waals surface area contributed by atoms with Gasteiger partial charge in [-0.05, 0) is 31.7 Å². The van der Waals surface area contributed by atoms with Crippen molar-refractivity contribution in [3.05, 3.63) is 52.4 Å². The predicted molar refractivity (Wildman–Crippen MR) is 131 cm³/mol. The molecule has 166 valence electrons. The van der Waals surface area contributed by atoms with Crippen molar-refractivity contribution in [2.45, 2.75) is 59.1 Å². The molecule has 0 bridgehead atoms. The molecule has 1 saturated heterocycles. The molecule has 2 heterocycles. The van der Waals surface area contributed by atoms with E-state index in [4.69, 9.17) is 9.26 Å². The Balaban J connectivity index is 0.00000320. The SMILES string of the molecule is CCc1noc(CC)c1CNC(=NC)NCC1CCCOC1c1ccc(C)cc1.I. The largest absolute Gasteiger partial charge is 0.373 e. The van der Waals surface area contributed by atoms with Crippen molar-refractivity contribution in [1.82, 2.24) is 15.8 Å². The van der Waals surface area contributed by atoms with Crippen molar-refractivity contribution in [2.24, 2.45) is 10.9 Å². The molecular formula is C23H35IN4O2. The molecule has 0 aliphatic carbocycles. The van der Waals surface area contributed by atoms with E-state index in [1.54, 1.807) is 7.05 Å². The number of nitrogens with zero attached hydrogens (tertiary/aromatic N) is 2. The van der Waals surface area contributed by atoms with Crippen LogP contribution >= 0.6 is 24.0 Å². The van der Waals surface area contributed by atoms with Gasteiger partial charge in [0.2, 0.25) is 0 Å². The Morgan fingerprint density at radius 1 is 1.17 bits per heavy atom. The van der Waals surface area contributed by atoms with E-state index in [9.17, 15) is 0 Å². The van der Waals surface area contributed by atoms with Gasteiger partial charge in [-0.25, -0.2) is 0 Å². The Labute approximate surface area is 197 Å². The van der Waals surface area contributed by atoms with Crippen LogP contribution in [-0.2, 0) is 24.1 Å².